The minimum absolute atomic E-state index is 0.0206. The Balaban J connectivity index is 1.50. The van der Waals surface area contributed by atoms with Gasteiger partial charge in [0.15, 0.2) is 0 Å². The molecule has 3 aromatic carbocycles. The van der Waals surface area contributed by atoms with Crippen LogP contribution in [0.2, 0.25) is 0 Å². The Kier molecular flexibility index (Phi) is 6.98. The summed E-state index contributed by atoms with van der Waals surface area (Å²) in [6.45, 7) is 4.97. The topological polar surface area (TPSA) is 91.0 Å². The normalized spacial score (nSPS) is 16.5. The Bertz CT molecular complexity index is 1420. The van der Waals surface area contributed by atoms with Gasteiger partial charge in [0, 0.05) is 43.0 Å². The maximum Gasteiger partial charge on any atom is 0.338 e. The third-order valence-electron chi connectivity index (χ3n) is 7.02. The number of piperazine rings is 1. The first-order valence-corrected chi connectivity index (χ1v) is 12.5. The second-order valence-corrected chi connectivity index (χ2v) is 9.57. The van der Waals surface area contributed by atoms with E-state index in [2.05, 4.69) is 22.6 Å². The molecule has 1 saturated heterocycles. The van der Waals surface area contributed by atoms with Gasteiger partial charge in [-0.15, -0.1) is 0 Å². The van der Waals surface area contributed by atoms with E-state index in [1.54, 1.807) is 6.07 Å². The predicted octanol–water partition coefficient (Wildman–Crippen LogP) is 4.10. The molecule has 5 rings (SSSR count). The van der Waals surface area contributed by atoms with Crippen LogP contribution < -0.4 is 10.6 Å². The van der Waals surface area contributed by atoms with Gasteiger partial charge in [0.25, 0.3) is 11.8 Å². The van der Waals surface area contributed by atoms with Gasteiger partial charge < -0.3 is 25.2 Å². The zero-order chi connectivity index (χ0) is 26.8. The van der Waals surface area contributed by atoms with Crippen LogP contribution in [0.4, 0.5) is 11.4 Å². The van der Waals surface area contributed by atoms with Gasteiger partial charge in [0.05, 0.1) is 29.6 Å². The number of nitrogens with zero attached hydrogens (tertiary/aromatic N) is 2. The van der Waals surface area contributed by atoms with Crippen LogP contribution in [0.3, 0.4) is 0 Å². The highest BCUT2D eigenvalue weighted by atomic mass is 16.5. The van der Waals surface area contributed by atoms with Crippen LogP contribution in [0.25, 0.3) is 11.3 Å². The number of hydrogen-bond acceptors (Lipinski definition) is 6. The van der Waals surface area contributed by atoms with Crippen molar-refractivity contribution in [2.45, 2.75) is 6.92 Å². The number of methoxy groups -OCH3 is 1. The van der Waals surface area contributed by atoms with Crippen LogP contribution in [0, 0.1) is 6.92 Å². The Labute approximate surface area is 221 Å². The van der Waals surface area contributed by atoms with Crippen molar-refractivity contribution in [2.24, 2.45) is 0 Å². The molecule has 0 aromatic heterocycles. The first kappa shape index (κ1) is 25.2. The molecule has 0 unspecified atom stereocenters. The van der Waals surface area contributed by atoms with Crippen molar-refractivity contribution in [3.8, 4) is 0 Å². The molecule has 0 radical (unpaired) electrons. The molecule has 2 amide bonds. The second kappa shape index (κ2) is 10.5. The number of hydrogen-bond donors (Lipinski definition) is 2. The average Bonchev–Trinajstić information content (AvgIpc) is 3.25. The summed E-state index contributed by atoms with van der Waals surface area (Å²) in [6.07, 6.45) is 0. The van der Waals surface area contributed by atoms with Crippen molar-refractivity contribution in [3.63, 3.8) is 0 Å². The Morgan fingerprint density at radius 3 is 2.26 bits per heavy atom. The van der Waals surface area contributed by atoms with E-state index in [0.717, 1.165) is 24.3 Å². The number of likely N-dealkylation sites (N-methyl/N-ethyl adjacent to an activating group) is 1. The maximum absolute atomic E-state index is 13.3. The molecular weight excluding hydrogens is 480 g/mol. The zero-order valence-corrected chi connectivity index (χ0v) is 21.7. The van der Waals surface area contributed by atoms with E-state index in [1.165, 1.54) is 7.11 Å². The summed E-state index contributed by atoms with van der Waals surface area (Å²) in [5, 5.41) is 6.32. The molecule has 8 heteroatoms. The van der Waals surface area contributed by atoms with E-state index in [1.807, 2.05) is 72.5 Å². The number of esters is 1. The van der Waals surface area contributed by atoms with Crippen LogP contribution in [0.15, 0.2) is 66.7 Å². The number of aryl methyl sites for hydroxylation is 1. The minimum Gasteiger partial charge on any atom is -0.465 e. The van der Waals surface area contributed by atoms with Crippen LogP contribution in [0.5, 0.6) is 0 Å². The summed E-state index contributed by atoms with van der Waals surface area (Å²) in [4.78, 5) is 42.5. The Morgan fingerprint density at radius 1 is 0.921 bits per heavy atom. The van der Waals surface area contributed by atoms with Crippen LogP contribution >= 0.6 is 0 Å². The third-order valence-corrected chi connectivity index (χ3v) is 7.02. The van der Waals surface area contributed by atoms with Gasteiger partial charge in [-0.1, -0.05) is 30.3 Å². The Morgan fingerprint density at radius 2 is 1.61 bits per heavy atom. The number of nitrogens with one attached hydrogen (secondary N) is 2. The molecule has 0 saturated carbocycles. The van der Waals surface area contributed by atoms with Crippen molar-refractivity contribution in [3.05, 3.63) is 94.5 Å². The standard InChI is InChI=1S/C30H30N4O4/c1-19-17-24-25(18-23(19)30(37)38-3)32-28(35)26(24)27(20-7-5-4-6-8-20)31-22-11-9-21(10-12-22)29(36)34-15-13-33(2)14-16-34/h4-12,17-18,31H,13-16H2,1-3H3,(H,32,35)/b27-26-. The molecule has 38 heavy (non-hydrogen) atoms. The fourth-order valence-electron chi connectivity index (χ4n) is 4.82. The molecule has 2 N–H and O–H groups in total. The molecular formula is C30H30N4O4. The second-order valence-electron chi connectivity index (χ2n) is 9.57. The first-order chi connectivity index (χ1) is 18.4. The summed E-state index contributed by atoms with van der Waals surface area (Å²) >= 11 is 0. The van der Waals surface area contributed by atoms with Crippen molar-refractivity contribution >= 4 is 40.4 Å². The van der Waals surface area contributed by atoms with Gasteiger partial charge in [-0.3, -0.25) is 9.59 Å². The lowest BCUT2D eigenvalue weighted by atomic mass is 9.96. The zero-order valence-electron chi connectivity index (χ0n) is 21.7. The van der Waals surface area contributed by atoms with Crippen molar-refractivity contribution in [1.29, 1.82) is 0 Å². The number of rotatable bonds is 5. The molecule has 0 atom stereocenters. The first-order valence-electron chi connectivity index (χ1n) is 12.5. The third kappa shape index (κ3) is 4.90. The van der Waals surface area contributed by atoms with E-state index in [9.17, 15) is 14.4 Å². The van der Waals surface area contributed by atoms with Gasteiger partial charge >= 0.3 is 5.97 Å². The average molecular weight is 511 g/mol. The minimum atomic E-state index is -0.454. The lowest BCUT2D eigenvalue weighted by Gasteiger charge is -2.32. The molecule has 194 valence electrons. The van der Waals surface area contributed by atoms with E-state index < -0.39 is 5.97 Å². The number of carbonyl (C=O) groups excluding carboxylic acids is 3. The van der Waals surface area contributed by atoms with Crippen molar-refractivity contribution in [2.75, 3.05) is 51.0 Å². The van der Waals surface area contributed by atoms with Gasteiger partial charge in [0.2, 0.25) is 0 Å². The van der Waals surface area contributed by atoms with Gasteiger partial charge in [-0.05, 0) is 61.5 Å². The molecule has 0 bridgehead atoms. The summed E-state index contributed by atoms with van der Waals surface area (Å²) in [5.41, 5.74) is 5.69. The fourth-order valence-corrected chi connectivity index (χ4v) is 4.82. The van der Waals surface area contributed by atoms with Crippen molar-refractivity contribution in [1.82, 2.24) is 9.80 Å². The number of fused-ring (bicyclic) bond motifs is 1. The Hall–Kier alpha value is -4.43. The highest BCUT2D eigenvalue weighted by molar-refractivity contribution is 6.37. The molecule has 2 aliphatic heterocycles. The molecule has 0 spiro atoms. The van der Waals surface area contributed by atoms with E-state index in [-0.39, 0.29) is 11.8 Å². The lowest BCUT2D eigenvalue weighted by Crippen LogP contribution is -2.47. The molecule has 3 aromatic rings. The number of amides is 2. The van der Waals surface area contributed by atoms with E-state index in [0.29, 0.717) is 52.3 Å². The molecule has 2 aliphatic rings. The number of anilines is 2. The van der Waals surface area contributed by atoms with Crippen molar-refractivity contribution < 1.29 is 19.1 Å². The SMILES string of the molecule is COC(=O)c1cc2c(cc1C)/C(=C(/Nc1ccc(C(=O)N3CCN(C)CC3)cc1)c1ccccc1)C(=O)N2. The largest absolute Gasteiger partial charge is 0.465 e. The monoisotopic (exact) mass is 510 g/mol. The van der Waals surface area contributed by atoms with E-state index >= 15 is 0 Å². The van der Waals surface area contributed by atoms with Gasteiger partial charge in [0.1, 0.15) is 0 Å². The molecule has 8 nitrogen and oxygen atoms in total. The highest BCUT2D eigenvalue weighted by Gasteiger charge is 2.30. The summed E-state index contributed by atoms with van der Waals surface area (Å²) < 4.78 is 4.89. The summed E-state index contributed by atoms with van der Waals surface area (Å²) in [6, 6.07) is 20.4. The predicted molar refractivity (Wildman–Crippen MR) is 148 cm³/mol. The van der Waals surface area contributed by atoms with Gasteiger partial charge in [-0.25, -0.2) is 4.79 Å². The molecule has 2 heterocycles. The van der Waals surface area contributed by atoms with Crippen LogP contribution in [-0.2, 0) is 9.53 Å². The van der Waals surface area contributed by atoms with Crippen LogP contribution in [0.1, 0.15) is 37.4 Å². The fraction of sp³-hybridized carbons (Fsp3) is 0.233. The van der Waals surface area contributed by atoms with Gasteiger partial charge in [-0.2, -0.15) is 0 Å². The van der Waals surface area contributed by atoms with Crippen LogP contribution in [-0.4, -0.2) is 67.9 Å². The summed E-state index contributed by atoms with van der Waals surface area (Å²) in [7, 11) is 3.39. The number of ether oxygens (including phenoxy) is 1. The smallest absolute Gasteiger partial charge is 0.338 e. The maximum atomic E-state index is 13.3. The quantitative estimate of drug-likeness (QED) is 0.397. The summed E-state index contributed by atoms with van der Waals surface area (Å²) in [5.74, 6) is -0.702. The lowest BCUT2D eigenvalue weighted by molar-refractivity contribution is -0.110. The number of benzene rings is 3. The number of carbonyl (C=O) groups is 3. The molecule has 1 fully saturated rings. The molecule has 0 aliphatic carbocycles. The highest BCUT2D eigenvalue weighted by Crippen LogP contribution is 2.39. The van der Waals surface area contributed by atoms with E-state index in [4.69, 9.17) is 4.74 Å².